The number of hydrogen-bond acceptors (Lipinski definition) is 5. The van der Waals surface area contributed by atoms with Crippen LogP contribution in [0.2, 0.25) is 0 Å². The normalized spacial score (nSPS) is 12.2. The summed E-state index contributed by atoms with van der Waals surface area (Å²) in [4.78, 5) is 10.4. The van der Waals surface area contributed by atoms with Crippen molar-refractivity contribution in [3.05, 3.63) is 33.9 Å². The van der Waals surface area contributed by atoms with Crippen molar-refractivity contribution in [2.75, 3.05) is 20.3 Å². The molecule has 0 aliphatic rings. The third-order valence-electron chi connectivity index (χ3n) is 2.88. The summed E-state index contributed by atoms with van der Waals surface area (Å²) in [6.07, 6.45) is 0.746. The molecule has 1 atom stereocenters. The molecule has 0 aliphatic heterocycles. The number of nitro benzene ring substituents is 1. The Hall–Kier alpha value is -1.66. The molecule has 0 saturated carbocycles. The molecular weight excluding hydrogens is 248 g/mol. The van der Waals surface area contributed by atoms with Crippen molar-refractivity contribution in [1.82, 2.24) is 5.32 Å². The van der Waals surface area contributed by atoms with E-state index in [1.165, 1.54) is 13.2 Å². The van der Waals surface area contributed by atoms with Gasteiger partial charge in [0.25, 0.3) is 0 Å². The van der Waals surface area contributed by atoms with Crippen LogP contribution in [0.4, 0.5) is 5.69 Å². The minimum Gasteiger partial charge on any atom is -0.490 e. The summed E-state index contributed by atoms with van der Waals surface area (Å²) in [5.41, 5.74) is 0.814. The number of aliphatic hydroxyl groups is 1. The highest BCUT2D eigenvalue weighted by molar-refractivity contribution is 5.48. The largest absolute Gasteiger partial charge is 0.490 e. The molecule has 0 radical (unpaired) electrons. The number of ether oxygens (including phenoxy) is 1. The van der Waals surface area contributed by atoms with Gasteiger partial charge in [-0.2, -0.15) is 0 Å². The highest BCUT2D eigenvalue weighted by Crippen LogP contribution is 2.27. The van der Waals surface area contributed by atoms with E-state index in [9.17, 15) is 10.1 Å². The third-order valence-corrected chi connectivity index (χ3v) is 2.88. The van der Waals surface area contributed by atoms with E-state index < -0.39 is 4.92 Å². The molecule has 1 aromatic rings. The lowest BCUT2D eigenvalue weighted by molar-refractivity contribution is -0.385. The lowest BCUT2D eigenvalue weighted by atomic mass is 10.1. The van der Waals surface area contributed by atoms with Gasteiger partial charge in [-0.05, 0) is 30.5 Å². The predicted molar refractivity (Wildman–Crippen MR) is 72.2 cm³/mol. The lowest BCUT2D eigenvalue weighted by Crippen LogP contribution is -2.21. The fourth-order valence-electron chi connectivity index (χ4n) is 1.77. The average molecular weight is 268 g/mol. The summed E-state index contributed by atoms with van der Waals surface area (Å²) in [5, 5.41) is 22.9. The summed E-state index contributed by atoms with van der Waals surface area (Å²) in [5.74, 6) is 0.639. The second-order valence-corrected chi connectivity index (χ2v) is 4.51. The second kappa shape index (κ2) is 7.70. The van der Waals surface area contributed by atoms with E-state index in [1.807, 2.05) is 6.92 Å². The lowest BCUT2D eigenvalue weighted by Gasteiger charge is -2.11. The van der Waals surface area contributed by atoms with Crippen LogP contribution in [0, 0.1) is 16.0 Å². The zero-order chi connectivity index (χ0) is 14.3. The minimum absolute atomic E-state index is 0.0230. The Labute approximate surface area is 112 Å². The van der Waals surface area contributed by atoms with Gasteiger partial charge in [-0.15, -0.1) is 0 Å². The Kier molecular flexibility index (Phi) is 6.24. The first-order valence-electron chi connectivity index (χ1n) is 6.21. The van der Waals surface area contributed by atoms with Crippen LogP contribution in [0.15, 0.2) is 18.2 Å². The molecule has 0 bridgehead atoms. The van der Waals surface area contributed by atoms with Crippen LogP contribution in [0.5, 0.6) is 5.75 Å². The quantitative estimate of drug-likeness (QED) is 0.554. The highest BCUT2D eigenvalue weighted by Gasteiger charge is 2.14. The van der Waals surface area contributed by atoms with Crippen molar-refractivity contribution in [2.24, 2.45) is 5.92 Å². The van der Waals surface area contributed by atoms with Crippen LogP contribution < -0.4 is 10.1 Å². The maximum Gasteiger partial charge on any atom is 0.311 e. The Bertz CT molecular complexity index is 423. The molecule has 0 heterocycles. The zero-order valence-corrected chi connectivity index (χ0v) is 11.3. The number of nitrogens with zero attached hydrogens (tertiary/aromatic N) is 1. The van der Waals surface area contributed by atoms with Crippen LogP contribution in [0.25, 0.3) is 0 Å². The van der Waals surface area contributed by atoms with Crippen molar-refractivity contribution in [2.45, 2.75) is 19.9 Å². The number of aliphatic hydroxyl groups excluding tert-OH is 1. The Morgan fingerprint density at radius 2 is 2.26 bits per heavy atom. The van der Waals surface area contributed by atoms with E-state index in [2.05, 4.69) is 5.32 Å². The van der Waals surface area contributed by atoms with Gasteiger partial charge in [0.05, 0.1) is 12.0 Å². The van der Waals surface area contributed by atoms with Crippen LogP contribution in [-0.4, -0.2) is 30.3 Å². The maximum absolute atomic E-state index is 10.9. The molecule has 0 spiro atoms. The van der Waals surface area contributed by atoms with Gasteiger partial charge in [0.15, 0.2) is 5.75 Å². The van der Waals surface area contributed by atoms with E-state index in [1.54, 1.807) is 12.1 Å². The number of methoxy groups -OCH3 is 1. The third kappa shape index (κ3) is 4.84. The van der Waals surface area contributed by atoms with E-state index in [0.717, 1.165) is 18.5 Å². The van der Waals surface area contributed by atoms with Crippen molar-refractivity contribution in [1.29, 1.82) is 0 Å². The smallest absolute Gasteiger partial charge is 0.311 e. The molecular formula is C13H20N2O4. The van der Waals surface area contributed by atoms with Crippen molar-refractivity contribution < 1.29 is 14.8 Å². The van der Waals surface area contributed by atoms with Crippen LogP contribution in [0.1, 0.15) is 18.9 Å². The predicted octanol–water partition coefficient (Wildman–Crippen LogP) is 1.71. The van der Waals surface area contributed by atoms with Gasteiger partial charge >= 0.3 is 5.69 Å². The number of nitro groups is 1. The molecule has 0 amide bonds. The minimum atomic E-state index is -0.448. The fourth-order valence-corrected chi connectivity index (χ4v) is 1.77. The molecule has 0 fully saturated rings. The SMILES string of the molecule is COc1ccc(CNCC(C)CCO)cc1[N+](=O)[O-]. The first-order valence-corrected chi connectivity index (χ1v) is 6.21. The van der Waals surface area contributed by atoms with Gasteiger partial charge in [0.1, 0.15) is 0 Å². The van der Waals surface area contributed by atoms with Gasteiger partial charge in [0.2, 0.25) is 0 Å². The van der Waals surface area contributed by atoms with Crippen molar-refractivity contribution in [3.63, 3.8) is 0 Å². The number of benzene rings is 1. The Morgan fingerprint density at radius 1 is 1.53 bits per heavy atom. The van der Waals surface area contributed by atoms with Gasteiger partial charge in [-0.25, -0.2) is 0 Å². The maximum atomic E-state index is 10.9. The summed E-state index contributed by atoms with van der Waals surface area (Å²) in [7, 11) is 1.41. The molecule has 1 unspecified atom stereocenters. The molecule has 6 heteroatoms. The summed E-state index contributed by atoms with van der Waals surface area (Å²) >= 11 is 0. The summed E-state index contributed by atoms with van der Waals surface area (Å²) in [6.45, 7) is 3.54. The number of nitrogens with one attached hydrogen (secondary N) is 1. The first-order chi connectivity index (χ1) is 9.08. The molecule has 0 aromatic heterocycles. The standard InChI is InChI=1S/C13H20N2O4/c1-10(5-6-16)8-14-9-11-3-4-13(19-2)12(7-11)15(17)18/h3-4,7,10,14,16H,5-6,8-9H2,1-2H3. The average Bonchev–Trinajstić information content (AvgIpc) is 2.38. The monoisotopic (exact) mass is 268 g/mol. The molecule has 19 heavy (non-hydrogen) atoms. The fraction of sp³-hybridized carbons (Fsp3) is 0.538. The molecule has 1 aromatic carbocycles. The Balaban J connectivity index is 2.60. The molecule has 0 saturated heterocycles. The Morgan fingerprint density at radius 3 is 2.84 bits per heavy atom. The van der Waals surface area contributed by atoms with Gasteiger partial charge in [0, 0.05) is 19.2 Å². The van der Waals surface area contributed by atoms with Crippen LogP contribution in [0.3, 0.4) is 0 Å². The molecule has 2 N–H and O–H groups in total. The highest BCUT2D eigenvalue weighted by atomic mass is 16.6. The first kappa shape index (κ1) is 15.4. The molecule has 1 rings (SSSR count). The topological polar surface area (TPSA) is 84.6 Å². The van der Waals surface area contributed by atoms with E-state index >= 15 is 0 Å². The summed E-state index contributed by atoms with van der Waals surface area (Å²) < 4.78 is 4.95. The van der Waals surface area contributed by atoms with Gasteiger partial charge < -0.3 is 15.2 Å². The van der Waals surface area contributed by atoms with Crippen molar-refractivity contribution >= 4 is 5.69 Å². The number of rotatable bonds is 8. The van der Waals surface area contributed by atoms with Gasteiger partial charge in [-0.3, -0.25) is 10.1 Å². The zero-order valence-electron chi connectivity index (χ0n) is 11.3. The van der Waals surface area contributed by atoms with Crippen LogP contribution >= 0.6 is 0 Å². The van der Waals surface area contributed by atoms with E-state index in [4.69, 9.17) is 9.84 Å². The number of hydrogen-bond donors (Lipinski definition) is 2. The molecule has 106 valence electrons. The van der Waals surface area contributed by atoms with Gasteiger partial charge in [-0.1, -0.05) is 13.0 Å². The summed E-state index contributed by atoms with van der Waals surface area (Å²) in [6, 6.07) is 4.92. The van der Waals surface area contributed by atoms with E-state index in [0.29, 0.717) is 12.5 Å². The molecule has 6 nitrogen and oxygen atoms in total. The van der Waals surface area contributed by atoms with Crippen LogP contribution in [-0.2, 0) is 6.54 Å². The second-order valence-electron chi connectivity index (χ2n) is 4.51. The van der Waals surface area contributed by atoms with E-state index in [-0.39, 0.29) is 18.0 Å². The van der Waals surface area contributed by atoms with Crippen molar-refractivity contribution in [3.8, 4) is 5.75 Å². The molecule has 0 aliphatic carbocycles.